The number of ether oxygens (including phenoxy) is 2. The first kappa shape index (κ1) is 26.5. The smallest absolute Gasteiger partial charge is 0.256 e. The van der Waals surface area contributed by atoms with Crippen LogP contribution in [0, 0.1) is 5.92 Å². The molecule has 0 spiro atoms. The highest BCUT2D eigenvalue weighted by atomic mass is 16.5. The number of morpholine rings is 1. The van der Waals surface area contributed by atoms with E-state index in [2.05, 4.69) is 10.2 Å². The van der Waals surface area contributed by atoms with E-state index < -0.39 is 0 Å². The molecule has 0 radical (unpaired) electrons. The van der Waals surface area contributed by atoms with Crippen molar-refractivity contribution >= 4 is 29.1 Å². The lowest BCUT2D eigenvalue weighted by Gasteiger charge is -2.37. The molecule has 1 N–H and O–H groups in total. The monoisotopic (exact) mass is 508 g/mol. The Morgan fingerprint density at radius 2 is 1.54 bits per heavy atom. The molecule has 9 heteroatoms. The molecule has 198 valence electrons. The van der Waals surface area contributed by atoms with Crippen molar-refractivity contribution in [2.24, 2.45) is 5.92 Å². The molecule has 0 atom stereocenters. The van der Waals surface area contributed by atoms with Gasteiger partial charge in [-0.05, 0) is 48.4 Å². The molecule has 2 aromatic rings. The van der Waals surface area contributed by atoms with E-state index in [4.69, 9.17) is 9.47 Å². The average Bonchev–Trinajstić information content (AvgIpc) is 2.92. The summed E-state index contributed by atoms with van der Waals surface area (Å²) in [4.78, 5) is 44.7. The minimum atomic E-state index is -0.0741. The molecule has 2 fully saturated rings. The molecule has 2 heterocycles. The van der Waals surface area contributed by atoms with Gasteiger partial charge in [-0.15, -0.1) is 0 Å². The van der Waals surface area contributed by atoms with Crippen molar-refractivity contribution in [3.8, 4) is 5.75 Å². The first-order valence-electron chi connectivity index (χ1n) is 12.8. The van der Waals surface area contributed by atoms with E-state index in [-0.39, 0.29) is 23.6 Å². The summed E-state index contributed by atoms with van der Waals surface area (Å²) in [5.41, 5.74) is 2.60. The Morgan fingerprint density at radius 3 is 2.16 bits per heavy atom. The quantitative estimate of drug-likeness (QED) is 0.618. The van der Waals surface area contributed by atoms with Crippen LogP contribution in [0.25, 0.3) is 0 Å². The molecule has 2 aromatic carbocycles. The molecule has 2 saturated heterocycles. The molecule has 0 aliphatic carbocycles. The Morgan fingerprint density at radius 1 is 0.892 bits per heavy atom. The zero-order valence-corrected chi connectivity index (χ0v) is 21.9. The highest BCUT2D eigenvalue weighted by Gasteiger charge is 2.27. The van der Waals surface area contributed by atoms with Gasteiger partial charge in [0.15, 0.2) is 0 Å². The molecular formula is C28H36N4O5. The van der Waals surface area contributed by atoms with E-state index in [9.17, 15) is 14.4 Å². The average molecular weight is 509 g/mol. The van der Waals surface area contributed by atoms with Crippen LogP contribution in [-0.2, 0) is 9.53 Å². The summed E-state index contributed by atoms with van der Waals surface area (Å²) in [5.74, 6) is 0.789. The fourth-order valence-corrected chi connectivity index (χ4v) is 4.65. The van der Waals surface area contributed by atoms with Crippen LogP contribution in [0.4, 0.5) is 11.4 Å². The number of amides is 3. The molecule has 2 aliphatic heterocycles. The number of hydrogen-bond donors (Lipinski definition) is 1. The fourth-order valence-electron chi connectivity index (χ4n) is 4.65. The van der Waals surface area contributed by atoms with E-state index in [1.807, 2.05) is 30.9 Å². The third-order valence-corrected chi connectivity index (χ3v) is 6.65. The molecule has 0 saturated carbocycles. The Labute approximate surface area is 218 Å². The minimum absolute atomic E-state index is 0.0184. The number of nitrogens with zero attached hydrogens (tertiary/aromatic N) is 3. The molecule has 0 bridgehead atoms. The summed E-state index contributed by atoms with van der Waals surface area (Å²) in [5, 5.41) is 2.94. The van der Waals surface area contributed by atoms with Crippen molar-refractivity contribution in [2.75, 3.05) is 69.8 Å². The number of rotatable bonds is 7. The van der Waals surface area contributed by atoms with Crippen LogP contribution < -0.4 is 15.0 Å². The molecule has 9 nitrogen and oxygen atoms in total. The number of carbonyl (C=O) groups is 3. The number of nitrogens with one attached hydrogen (secondary N) is 1. The van der Waals surface area contributed by atoms with Gasteiger partial charge >= 0.3 is 0 Å². The van der Waals surface area contributed by atoms with E-state index in [0.717, 1.165) is 5.69 Å². The van der Waals surface area contributed by atoms with Gasteiger partial charge in [0, 0.05) is 62.6 Å². The lowest BCUT2D eigenvalue weighted by Crippen LogP contribution is -2.49. The zero-order chi connectivity index (χ0) is 26.4. The van der Waals surface area contributed by atoms with Gasteiger partial charge in [-0.2, -0.15) is 0 Å². The van der Waals surface area contributed by atoms with Crippen LogP contribution in [0.5, 0.6) is 5.75 Å². The fraction of sp³-hybridized carbons (Fsp3) is 0.464. The maximum Gasteiger partial charge on any atom is 0.256 e. The largest absolute Gasteiger partial charge is 0.497 e. The topological polar surface area (TPSA) is 91.4 Å². The Kier molecular flexibility index (Phi) is 8.66. The highest BCUT2D eigenvalue weighted by Crippen LogP contribution is 2.28. The zero-order valence-electron chi connectivity index (χ0n) is 21.9. The molecule has 2 aliphatic rings. The van der Waals surface area contributed by atoms with Gasteiger partial charge in [0.2, 0.25) is 5.91 Å². The van der Waals surface area contributed by atoms with Crippen LogP contribution in [0.1, 0.15) is 41.0 Å². The molecule has 37 heavy (non-hydrogen) atoms. The maximum absolute atomic E-state index is 13.5. The SMILES string of the molecule is COc1ccc(C(=O)N2CCN(c3ccc(NC(=O)CC(C)C)cc3C(=O)N3CCOCC3)CC2)cc1. The van der Waals surface area contributed by atoms with E-state index >= 15 is 0 Å². The summed E-state index contributed by atoms with van der Waals surface area (Å²) < 4.78 is 10.6. The highest BCUT2D eigenvalue weighted by molar-refractivity contribution is 6.02. The van der Waals surface area contributed by atoms with Crippen LogP contribution >= 0.6 is 0 Å². The second kappa shape index (κ2) is 12.1. The summed E-state index contributed by atoms with van der Waals surface area (Å²) >= 11 is 0. The normalized spacial score (nSPS) is 16.1. The summed E-state index contributed by atoms with van der Waals surface area (Å²) in [6, 6.07) is 12.7. The van der Waals surface area contributed by atoms with Crippen LogP contribution in [0.15, 0.2) is 42.5 Å². The Balaban J connectivity index is 1.50. The number of methoxy groups -OCH3 is 1. The third-order valence-electron chi connectivity index (χ3n) is 6.65. The van der Waals surface area contributed by atoms with Gasteiger partial charge in [0.25, 0.3) is 11.8 Å². The molecule has 4 rings (SSSR count). The van der Waals surface area contributed by atoms with E-state index in [0.29, 0.717) is 81.5 Å². The summed E-state index contributed by atoms with van der Waals surface area (Å²) in [7, 11) is 1.60. The van der Waals surface area contributed by atoms with Gasteiger partial charge in [-0.25, -0.2) is 0 Å². The van der Waals surface area contributed by atoms with Gasteiger partial charge in [0.05, 0.1) is 25.9 Å². The Hall–Kier alpha value is -3.59. The second-order valence-electron chi connectivity index (χ2n) is 9.79. The predicted octanol–water partition coefficient (Wildman–Crippen LogP) is 3.11. The van der Waals surface area contributed by atoms with Gasteiger partial charge < -0.3 is 29.5 Å². The number of benzene rings is 2. The number of anilines is 2. The predicted molar refractivity (Wildman–Crippen MR) is 142 cm³/mol. The van der Waals surface area contributed by atoms with Crippen molar-refractivity contribution in [1.29, 1.82) is 0 Å². The van der Waals surface area contributed by atoms with Crippen LogP contribution in [-0.4, -0.2) is 87.1 Å². The minimum Gasteiger partial charge on any atom is -0.497 e. The molecule has 3 amide bonds. The maximum atomic E-state index is 13.5. The van der Waals surface area contributed by atoms with Gasteiger partial charge in [0.1, 0.15) is 5.75 Å². The van der Waals surface area contributed by atoms with Crippen molar-refractivity contribution in [2.45, 2.75) is 20.3 Å². The van der Waals surface area contributed by atoms with Crippen molar-refractivity contribution < 1.29 is 23.9 Å². The van der Waals surface area contributed by atoms with Gasteiger partial charge in [-0.1, -0.05) is 13.8 Å². The molecule has 0 aromatic heterocycles. The van der Waals surface area contributed by atoms with E-state index in [1.54, 1.807) is 42.3 Å². The van der Waals surface area contributed by atoms with Gasteiger partial charge in [-0.3, -0.25) is 14.4 Å². The van der Waals surface area contributed by atoms with E-state index in [1.165, 1.54) is 0 Å². The van der Waals surface area contributed by atoms with Crippen LogP contribution in [0.3, 0.4) is 0 Å². The van der Waals surface area contributed by atoms with Crippen molar-refractivity contribution in [1.82, 2.24) is 9.80 Å². The lowest BCUT2D eigenvalue weighted by molar-refractivity contribution is -0.116. The first-order chi connectivity index (χ1) is 17.9. The third kappa shape index (κ3) is 6.60. The number of hydrogen-bond acceptors (Lipinski definition) is 6. The Bertz CT molecular complexity index is 1100. The molecule has 0 unspecified atom stereocenters. The number of carbonyl (C=O) groups excluding carboxylic acids is 3. The summed E-state index contributed by atoms with van der Waals surface area (Å²) in [6.07, 6.45) is 0.415. The van der Waals surface area contributed by atoms with Crippen LogP contribution in [0.2, 0.25) is 0 Å². The van der Waals surface area contributed by atoms with Crippen molar-refractivity contribution in [3.05, 3.63) is 53.6 Å². The van der Waals surface area contributed by atoms with Crippen molar-refractivity contribution in [3.63, 3.8) is 0 Å². The molecular weight excluding hydrogens is 472 g/mol. The first-order valence-corrected chi connectivity index (χ1v) is 12.8. The summed E-state index contributed by atoms with van der Waals surface area (Å²) in [6.45, 7) is 8.37. The number of piperazine rings is 1. The standard InChI is InChI=1S/C28H36N4O5/c1-20(2)18-26(33)29-22-6-9-25(24(19-22)28(35)32-14-16-37-17-15-32)30-10-12-31(13-11-30)27(34)21-4-7-23(36-3)8-5-21/h4-9,19-20H,10-18H2,1-3H3,(H,29,33). The lowest BCUT2D eigenvalue weighted by atomic mass is 10.1. The second-order valence-corrected chi connectivity index (χ2v) is 9.79.